The van der Waals surface area contributed by atoms with Crippen LogP contribution in [-0.4, -0.2) is 17.9 Å². The molecule has 0 saturated heterocycles. The van der Waals surface area contributed by atoms with Crippen molar-refractivity contribution in [2.24, 2.45) is 0 Å². The van der Waals surface area contributed by atoms with E-state index in [4.69, 9.17) is 9.47 Å². The molecule has 2 N–H and O–H groups in total. The summed E-state index contributed by atoms with van der Waals surface area (Å²) < 4.78 is 24.2. The Kier molecular flexibility index (Phi) is 5.34. The number of carbonyl (C=O) groups is 2. The normalized spacial score (nSPS) is 14.9. The fourth-order valence-corrected chi connectivity index (χ4v) is 2.96. The number of anilines is 2. The monoisotopic (exact) mass is 406 g/mol. The Morgan fingerprint density at radius 3 is 2.73 bits per heavy atom. The zero-order valence-electron chi connectivity index (χ0n) is 16.1. The van der Waals surface area contributed by atoms with Crippen LogP contribution in [0.5, 0.6) is 11.5 Å². The van der Waals surface area contributed by atoms with Gasteiger partial charge in [0.05, 0.1) is 5.69 Å². The minimum Gasteiger partial charge on any atom is -0.489 e. The van der Waals surface area contributed by atoms with Gasteiger partial charge in [0.25, 0.3) is 11.8 Å². The Morgan fingerprint density at radius 2 is 1.93 bits per heavy atom. The van der Waals surface area contributed by atoms with Gasteiger partial charge in [-0.1, -0.05) is 18.2 Å². The maximum Gasteiger partial charge on any atom is 0.265 e. The van der Waals surface area contributed by atoms with Crippen molar-refractivity contribution in [3.8, 4) is 11.5 Å². The average molecular weight is 406 g/mol. The Bertz CT molecular complexity index is 1100. The molecular formula is C23H19FN2O4. The number of hydrogen-bond donors (Lipinski definition) is 2. The number of rotatable bonds is 5. The van der Waals surface area contributed by atoms with Crippen LogP contribution in [0.4, 0.5) is 15.8 Å². The number of halogens is 1. The van der Waals surface area contributed by atoms with E-state index in [9.17, 15) is 14.0 Å². The van der Waals surface area contributed by atoms with Gasteiger partial charge in [0.15, 0.2) is 6.10 Å². The molecule has 0 aliphatic carbocycles. The van der Waals surface area contributed by atoms with Gasteiger partial charge < -0.3 is 20.1 Å². The van der Waals surface area contributed by atoms with E-state index in [-0.39, 0.29) is 24.2 Å². The highest BCUT2D eigenvalue weighted by Crippen LogP contribution is 2.32. The molecule has 0 saturated carbocycles. The van der Waals surface area contributed by atoms with Crippen molar-refractivity contribution in [3.05, 3.63) is 83.7 Å². The van der Waals surface area contributed by atoms with Gasteiger partial charge in [0, 0.05) is 11.3 Å². The summed E-state index contributed by atoms with van der Waals surface area (Å²) in [5.74, 6) is 0.208. The SMILES string of the molecule is C[C@@H]1Oc2ccc(NC(=O)c3cccc(OCc4ccc(F)cc4)c3)cc2NC1=O. The van der Waals surface area contributed by atoms with Crippen LogP contribution >= 0.6 is 0 Å². The Hall–Kier alpha value is -3.87. The van der Waals surface area contributed by atoms with Crippen LogP contribution in [0, 0.1) is 5.82 Å². The molecule has 0 fully saturated rings. The predicted molar refractivity (Wildman–Crippen MR) is 110 cm³/mol. The van der Waals surface area contributed by atoms with Crippen LogP contribution in [-0.2, 0) is 11.4 Å². The summed E-state index contributed by atoms with van der Waals surface area (Å²) in [6.07, 6.45) is -0.560. The molecule has 30 heavy (non-hydrogen) atoms. The molecule has 3 aromatic carbocycles. The fourth-order valence-electron chi connectivity index (χ4n) is 2.96. The summed E-state index contributed by atoms with van der Waals surface area (Å²) in [5, 5.41) is 5.55. The number of nitrogens with one attached hydrogen (secondary N) is 2. The van der Waals surface area contributed by atoms with Crippen LogP contribution in [0.15, 0.2) is 66.7 Å². The highest BCUT2D eigenvalue weighted by Gasteiger charge is 2.23. The third-order valence-corrected chi connectivity index (χ3v) is 4.58. The van der Waals surface area contributed by atoms with Crippen molar-refractivity contribution >= 4 is 23.2 Å². The predicted octanol–water partition coefficient (Wildman–Crippen LogP) is 4.38. The number of fused-ring (bicyclic) bond motifs is 1. The van der Waals surface area contributed by atoms with Gasteiger partial charge in [0.2, 0.25) is 0 Å². The minimum absolute atomic E-state index is 0.239. The Labute approximate surface area is 172 Å². The fraction of sp³-hybridized carbons (Fsp3) is 0.130. The van der Waals surface area contributed by atoms with Crippen molar-refractivity contribution < 1.29 is 23.5 Å². The van der Waals surface area contributed by atoms with Crippen LogP contribution in [0.1, 0.15) is 22.8 Å². The molecule has 0 unspecified atom stereocenters. The van der Waals surface area contributed by atoms with E-state index in [0.717, 1.165) is 5.56 Å². The molecule has 0 aromatic heterocycles. The quantitative estimate of drug-likeness (QED) is 0.659. The zero-order valence-corrected chi connectivity index (χ0v) is 16.1. The summed E-state index contributed by atoms with van der Waals surface area (Å²) >= 11 is 0. The molecular weight excluding hydrogens is 387 g/mol. The lowest BCUT2D eigenvalue weighted by atomic mass is 10.1. The van der Waals surface area contributed by atoms with E-state index >= 15 is 0 Å². The highest BCUT2D eigenvalue weighted by atomic mass is 19.1. The van der Waals surface area contributed by atoms with Crippen molar-refractivity contribution in [2.45, 2.75) is 19.6 Å². The molecule has 1 aliphatic heterocycles. The maximum absolute atomic E-state index is 13.0. The number of benzene rings is 3. The van der Waals surface area contributed by atoms with Gasteiger partial charge in [0.1, 0.15) is 23.9 Å². The summed E-state index contributed by atoms with van der Waals surface area (Å²) in [5.41, 5.74) is 2.26. The molecule has 1 atom stereocenters. The third-order valence-electron chi connectivity index (χ3n) is 4.58. The molecule has 0 spiro atoms. The van der Waals surface area contributed by atoms with Crippen LogP contribution in [0.3, 0.4) is 0 Å². The molecule has 2 amide bonds. The number of amides is 2. The van der Waals surface area contributed by atoms with Crippen molar-refractivity contribution in [2.75, 3.05) is 10.6 Å². The molecule has 7 heteroatoms. The van der Waals surface area contributed by atoms with Gasteiger partial charge in [-0.05, 0) is 61.0 Å². The van der Waals surface area contributed by atoms with Crippen LogP contribution in [0.25, 0.3) is 0 Å². The molecule has 1 aliphatic rings. The molecule has 0 bridgehead atoms. The third kappa shape index (κ3) is 4.41. The van der Waals surface area contributed by atoms with E-state index < -0.39 is 6.10 Å². The topological polar surface area (TPSA) is 76.7 Å². The van der Waals surface area contributed by atoms with E-state index in [1.165, 1.54) is 12.1 Å². The molecule has 1 heterocycles. The van der Waals surface area contributed by atoms with E-state index in [0.29, 0.717) is 28.4 Å². The first-order valence-electron chi connectivity index (χ1n) is 9.38. The lowest BCUT2D eigenvalue weighted by molar-refractivity contribution is -0.122. The van der Waals surface area contributed by atoms with Gasteiger partial charge >= 0.3 is 0 Å². The number of carbonyl (C=O) groups excluding carboxylic acids is 2. The molecule has 6 nitrogen and oxygen atoms in total. The average Bonchev–Trinajstić information content (AvgIpc) is 2.74. The second-order valence-corrected chi connectivity index (χ2v) is 6.86. The van der Waals surface area contributed by atoms with Gasteiger partial charge in [-0.2, -0.15) is 0 Å². The standard InChI is InChI=1S/C23H19FN2O4/c1-14-22(27)26-20-12-18(9-10-21(20)30-14)25-23(28)16-3-2-4-19(11-16)29-13-15-5-7-17(24)8-6-15/h2-12,14H,13H2,1H3,(H,25,28)(H,26,27)/t14-/m0/s1. The zero-order chi connectivity index (χ0) is 21.1. The van der Waals surface area contributed by atoms with Gasteiger partial charge in [-0.25, -0.2) is 4.39 Å². The van der Waals surface area contributed by atoms with Crippen LogP contribution < -0.4 is 20.1 Å². The van der Waals surface area contributed by atoms with E-state index in [1.54, 1.807) is 61.5 Å². The smallest absolute Gasteiger partial charge is 0.265 e. The summed E-state index contributed by atoms with van der Waals surface area (Å²) in [6, 6.07) is 17.8. The highest BCUT2D eigenvalue weighted by molar-refractivity contribution is 6.05. The first kappa shape index (κ1) is 19.4. The molecule has 3 aromatic rings. The molecule has 0 radical (unpaired) electrons. The van der Waals surface area contributed by atoms with Crippen molar-refractivity contribution in [1.82, 2.24) is 0 Å². The van der Waals surface area contributed by atoms with Crippen LogP contribution in [0.2, 0.25) is 0 Å². The summed E-state index contributed by atoms with van der Waals surface area (Å²) in [4.78, 5) is 24.4. The number of hydrogen-bond acceptors (Lipinski definition) is 4. The summed E-state index contributed by atoms with van der Waals surface area (Å²) in [6.45, 7) is 1.92. The number of ether oxygens (including phenoxy) is 2. The Morgan fingerprint density at radius 1 is 1.13 bits per heavy atom. The largest absolute Gasteiger partial charge is 0.489 e. The first-order valence-corrected chi connectivity index (χ1v) is 9.38. The minimum atomic E-state index is -0.560. The second kappa shape index (κ2) is 8.24. The lowest BCUT2D eigenvalue weighted by Crippen LogP contribution is -2.34. The van der Waals surface area contributed by atoms with Crippen molar-refractivity contribution in [1.29, 1.82) is 0 Å². The van der Waals surface area contributed by atoms with E-state index in [1.807, 2.05) is 0 Å². The molecule has 152 valence electrons. The van der Waals surface area contributed by atoms with Gasteiger partial charge in [-0.3, -0.25) is 9.59 Å². The lowest BCUT2D eigenvalue weighted by Gasteiger charge is -2.23. The van der Waals surface area contributed by atoms with Crippen molar-refractivity contribution in [3.63, 3.8) is 0 Å². The van der Waals surface area contributed by atoms with Gasteiger partial charge in [-0.15, -0.1) is 0 Å². The Balaban J connectivity index is 1.42. The summed E-state index contributed by atoms with van der Waals surface area (Å²) in [7, 11) is 0. The first-order chi connectivity index (χ1) is 14.5. The maximum atomic E-state index is 13.0. The van der Waals surface area contributed by atoms with E-state index in [2.05, 4.69) is 10.6 Å². The molecule has 4 rings (SSSR count). The second-order valence-electron chi connectivity index (χ2n) is 6.86.